The van der Waals surface area contributed by atoms with Crippen molar-refractivity contribution in [2.24, 2.45) is 23.2 Å². The zero-order valence-electron chi connectivity index (χ0n) is 18.8. The second-order valence-corrected chi connectivity index (χ2v) is 16.0. The average molecular weight is 405 g/mol. The first-order chi connectivity index (χ1) is 13.0. The summed E-state index contributed by atoms with van der Waals surface area (Å²) in [5, 5.41) is 10.8. The lowest BCUT2D eigenvalue weighted by Gasteiger charge is -2.53. The van der Waals surface area contributed by atoms with Gasteiger partial charge in [-0.3, -0.25) is 4.79 Å². The second kappa shape index (κ2) is 7.89. The number of hydrogen-bond acceptors (Lipinski definition) is 3. The molecule has 0 aromatic rings. The van der Waals surface area contributed by atoms with Crippen molar-refractivity contribution in [2.45, 2.75) is 109 Å². The Kier molecular flexibility index (Phi) is 6.22. The molecule has 3 saturated carbocycles. The summed E-state index contributed by atoms with van der Waals surface area (Å²) in [5.41, 5.74) is -0.251. The highest BCUT2D eigenvalue weighted by Crippen LogP contribution is 2.55. The molecule has 0 amide bonds. The normalized spacial score (nSPS) is 35.4. The molecule has 5 atom stereocenters. The number of carbonyl (C=O) groups is 1. The summed E-state index contributed by atoms with van der Waals surface area (Å²) < 4.78 is 6.81. The van der Waals surface area contributed by atoms with Gasteiger partial charge >= 0.3 is 0 Å². The van der Waals surface area contributed by atoms with Crippen LogP contribution in [0.4, 0.5) is 0 Å². The summed E-state index contributed by atoms with van der Waals surface area (Å²) >= 11 is 0. The summed E-state index contributed by atoms with van der Waals surface area (Å²) in [6.45, 7) is 13.5. The summed E-state index contributed by atoms with van der Waals surface area (Å²) in [6, 6.07) is 0. The number of aliphatic hydroxyl groups excluding tert-OH is 1. The molecule has 0 radical (unpaired) electrons. The van der Waals surface area contributed by atoms with E-state index in [4.69, 9.17) is 4.43 Å². The van der Waals surface area contributed by atoms with Gasteiger partial charge in [0.25, 0.3) is 0 Å². The minimum absolute atomic E-state index is 0.0302. The van der Waals surface area contributed by atoms with Crippen molar-refractivity contribution in [1.82, 2.24) is 0 Å². The molecule has 158 valence electrons. The third-order valence-corrected chi connectivity index (χ3v) is 12.8. The molecule has 0 spiro atoms. The molecule has 1 N–H and O–H groups in total. The standard InChI is InChI=1S/C24H40O3Si/c1-23(2,3)28(5,6)27-21(17-10-8-7-9-11-17)13-12-18-19-16-22(26)24(19,4)15-14-20(18)25/h17-21,25H,7-11,14-16H2,1-6H3. The second-order valence-electron chi connectivity index (χ2n) is 11.3. The van der Waals surface area contributed by atoms with Gasteiger partial charge in [-0.2, -0.15) is 0 Å². The van der Waals surface area contributed by atoms with Crippen LogP contribution in [-0.2, 0) is 9.22 Å². The van der Waals surface area contributed by atoms with E-state index < -0.39 is 14.4 Å². The van der Waals surface area contributed by atoms with Crippen molar-refractivity contribution < 1.29 is 14.3 Å². The van der Waals surface area contributed by atoms with Gasteiger partial charge in [0.05, 0.1) is 12.0 Å². The topological polar surface area (TPSA) is 46.5 Å². The molecule has 0 bridgehead atoms. The Morgan fingerprint density at radius 3 is 2.39 bits per heavy atom. The van der Waals surface area contributed by atoms with Crippen LogP contribution in [-0.4, -0.2) is 31.4 Å². The van der Waals surface area contributed by atoms with Crippen LogP contribution in [0, 0.1) is 35.0 Å². The molecular formula is C24H40O3Si. The van der Waals surface area contributed by atoms with Crippen LogP contribution in [0.25, 0.3) is 0 Å². The Morgan fingerprint density at radius 1 is 1.18 bits per heavy atom. The zero-order valence-corrected chi connectivity index (χ0v) is 19.8. The maximum Gasteiger partial charge on any atom is 0.193 e. The molecule has 4 heteroatoms. The van der Waals surface area contributed by atoms with E-state index in [-0.39, 0.29) is 28.4 Å². The molecular weight excluding hydrogens is 364 g/mol. The lowest BCUT2D eigenvalue weighted by molar-refractivity contribution is -0.156. The minimum Gasteiger partial charge on any atom is -0.403 e. The number of fused-ring (bicyclic) bond motifs is 1. The van der Waals surface area contributed by atoms with Gasteiger partial charge in [-0.05, 0) is 55.7 Å². The quantitative estimate of drug-likeness (QED) is 0.511. The van der Waals surface area contributed by atoms with E-state index in [2.05, 4.69) is 52.6 Å². The van der Waals surface area contributed by atoms with Gasteiger partial charge in [0.2, 0.25) is 0 Å². The molecule has 3 fully saturated rings. The lowest BCUT2D eigenvalue weighted by Crippen LogP contribution is -2.56. The third-order valence-electron chi connectivity index (χ3n) is 8.37. The van der Waals surface area contributed by atoms with E-state index in [1.54, 1.807) is 0 Å². The van der Waals surface area contributed by atoms with Crippen molar-refractivity contribution in [3.05, 3.63) is 0 Å². The fourth-order valence-electron chi connectivity index (χ4n) is 5.03. The van der Waals surface area contributed by atoms with Crippen LogP contribution in [0.1, 0.15) is 79.1 Å². The number of Topliss-reactive ketones (excluding diaryl/α,β-unsaturated/α-hetero) is 1. The van der Waals surface area contributed by atoms with Gasteiger partial charge in [0, 0.05) is 11.8 Å². The largest absolute Gasteiger partial charge is 0.403 e. The van der Waals surface area contributed by atoms with Gasteiger partial charge in [-0.25, -0.2) is 0 Å². The van der Waals surface area contributed by atoms with Gasteiger partial charge in [-0.15, -0.1) is 0 Å². The van der Waals surface area contributed by atoms with E-state index in [0.29, 0.717) is 24.5 Å². The van der Waals surface area contributed by atoms with Crippen molar-refractivity contribution >= 4 is 14.1 Å². The highest BCUT2D eigenvalue weighted by atomic mass is 28.4. The molecule has 3 aliphatic carbocycles. The molecule has 3 aliphatic rings. The van der Waals surface area contributed by atoms with Crippen molar-refractivity contribution in [3.8, 4) is 11.8 Å². The predicted octanol–water partition coefficient (Wildman–Crippen LogP) is 5.33. The Labute approximate surface area is 173 Å². The molecule has 3 rings (SSSR count). The Hall–Kier alpha value is -0.633. The van der Waals surface area contributed by atoms with Crippen LogP contribution in [0.3, 0.4) is 0 Å². The van der Waals surface area contributed by atoms with E-state index in [1.807, 2.05) is 0 Å². The first kappa shape index (κ1) is 22.1. The van der Waals surface area contributed by atoms with Crippen LogP contribution in [0.5, 0.6) is 0 Å². The molecule has 0 aliphatic heterocycles. The van der Waals surface area contributed by atoms with Crippen LogP contribution in [0.2, 0.25) is 18.1 Å². The number of aliphatic hydroxyl groups is 1. The third kappa shape index (κ3) is 4.13. The Morgan fingerprint density at radius 2 is 1.82 bits per heavy atom. The predicted molar refractivity (Wildman–Crippen MR) is 116 cm³/mol. The molecule has 3 nitrogen and oxygen atoms in total. The summed E-state index contributed by atoms with van der Waals surface area (Å²) in [6.07, 6.45) is 7.90. The first-order valence-electron chi connectivity index (χ1n) is 11.4. The van der Waals surface area contributed by atoms with Crippen LogP contribution in [0.15, 0.2) is 0 Å². The van der Waals surface area contributed by atoms with E-state index in [0.717, 1.165) is 6.42 Å². The number of ketones is 1. The van der Waals surface area contributed by atoms with Gasteiger partial charge < -0.3 is 9.53 Å². The number of rotatable bonds is 3. The minimum atomic E-state index is -1.92. The molecule has 0 saturated heterocycles. The summed E-state index contributed by atoms with van der Waals surface area (Å²) in [7, 11) is -1.92. The van der Waals surface area contributed by atoms with E-state index in [1.165, 1.54) is 32.1 Å². The average Bonchev–Trinajstić information content (AvgIpc) is 2.63. The van der Waals surface area contributed by atoms with Crippen LogP contribution >= 0.6 is 0 Å². The maximum absolute atomic E-state index is 12.2. The molecule has 0 heterocycles. The number of carbonyl (C=O) groups excluding carboxylic acids is 1. The first-order valence-corrected chi connectivity index (χ1v) is 14.3. The smallest absolute Gasteiger partial charge is 0.193 e. The van der Waals surface area contributed by atoms with E-state index >= 15 is 0 Å². The highest BCUT2D eigenvalue weighted by Gasteiger charge is 2.57. The van der Waals surface area contributed by atoms with Crippen LogP contribution < -0.4 is 0 Å². The van der Waals surface area contributed by atoms with Crippen molar-refractivity contribution in [2.75, 3.05) is 0 Å². The lowest BCUT2D eigenvalue weighted by atomic mass is 9.50. The van der Waals surface area contributed by atoms with Gasteiger partial charge in [-0.1, -0.05) is 58.8 Å². The SMILES string of the molecule is CC12CCC(O)C(C#CC(O[Si](C)(C)C(C)(C)C)C3CCCCC3)C1CC2=O. The summed E-state index contributed by atoms with van der Waals surface area (Å²) in [5.74, 6) is 8.00. The van der Waals surface area contributed by atoms with Crippen molar-refractivity contribution in [3.63, 3.8) is 0 Å². The van der Waals surface area contributed by atoms with E-state index in [9.17, 15) is 9.90 Å². The highest BCUT2D eigenvalue weighted by molar-refractivity contribution is 6.74. The Bertz CT molecular complexity index is 647. The molecule has 5 unspecified atom stereocenters. The fraction of sp³-hybridized carbons (Fsp3) is 0.875. The molecule has 0 aromatic heterocycles. The monoisotopic (exact) mass is 404 g/mol. The summed E-state index contributed by atoms with van der Waals surface area (Å²) in [4.78, 5) is 12.2. The number of hydrogen-bond donors (Lipinski definition) is 1. The van der Waals surface area contributed by atoms with Gasteiger partial charge in [0.15, 0.2) is 8.32 Å². The molecule has 0 aromatic carbocycles. The van der Waals surface area contributed by atoms with Crippen molar-refractivity contribution in [1.29, 1.82) is 0 Å². The maximum atomic E-state index is 12.2. The van der Waals surface area contributed by atoms with Gasteiger partial charge in [0.1, 0.15) is 11.9 Å². The molecule has 28 heavy (non-hydrogen) atoms. The fourth-order valence-corrected chi connectivity index (χ4v) is 6.27. The Balaban J connectivity index is 1.82. The zero-order chi connectivity index (χ0) is 20.7.